The maximum Gasteiger partial charge on any atom is 0.343 e. The summed E-state index contributed by atoms with van der Waals surface area (Å²) in [6, 6.07) is 16.7. The Morgan fingerprint density at radius 1 is 1.03 bits per heavy atom. The number of hydrazone groups is 1. The molecule has 0 aliphatic heterocycles. The molecule has 0 aromatic heterocycles. The number of benzene rings is 3. The average Bonchev–Trinajstić information content (AvgIpc) is 2.79. The molecule has 0 spiro atoms. The Hall–Kier alpha value is -4.05. The van der Waals surface area contributed by atoms with Gasteiger partial charge >= 0.3 is 5.97 Å². The zero-order valence-corrected chi connectivity index (χ0v) is 18.2. The van der Waals surface area contributed by atoms with E-state index in [2.05, 4.69) is 26.5 Å². The number of amides is 1. The summed E-state index contributed by atoms with van der Waals surface area (Å²) in [6.07, 6.45) is 1.38. The molecule has 162 valence electrons. The van der Waals surface area contributed by atoms with Crippen LogP contribution in [0.15, 0.2) is 76.3 Å². The molecule has 0 fully saturated rings. The lowest BCUT2D eigenvalue weighted by Crippen LogP contribution is -2.17. The topological polar surface area (TPSA) is 120 Å². The van der Waals surface area contributed by atoms with E-state index < -0.39 is 16.8 Å². The Morgan fingerprint density at radius 3 is 2.44 bits per heavy atom. The van der Waals surface area contributed by atoms with Crippen LogP contribution in [0.4, 0.5) is 5.69 Å². The molecule has 0 aliphatic carbocycles. The molecular weight excluding hydrogens is 482 g/mol. The van der Waals surface area contributed by atoms with Gasteiger partial charge in [0.05, 0.1) is 23.8 Å². The maximum atomic E-state index is 12.3. The highest BCUT2D eigenvalue weighted by Crippen LogP contribution is 2.28. The standard InChI is InChI=1S/C22H16BrN3O6/c1-31-20-11-14(5-10-19(20)32-22(28)16-3-2-4-17(23)12-16)13-24-25-21(27)15-6-8-18(9-7-15)26(29)30/h2-13H,1H3,(H,25,27)/b24-13+. The summed E-state index contributed by atoms with van der Waals surface area (Å²) < 4.78 is 11.4. The lowest BCUT2D eigenvalue weighted by Gasteiger charge is -2.10. The monoisotopic (exact) mass is 497 g/mol. The minimum atomic E-state index is -0.549. The van der Waals surface area contributed by atoms with Crippen LogP contribution in [0.1, 0.15) is 26.3 Å². The molecule has 0 atom stereocenters. The molecule has 10 heteroatoms. The van der Waals surface area contributed by atoms with Crippen molar-refractivity contribution in [2.24, 2.45) is 5.10 Å². The highest BCUT2D eigenvalue weighted by Gasteiger charge is 2.13. The molecule has 32 heavy (non-hydrogen) atoms. The number of nitro groups is 1. The van der Waals surface area contributed by atoms with E-state index in [4.69, 9.17) is 9.47 Å². The number of carbonyl (C=O) groups is 2. The van der Waals surface area contributed by atoms with Crippen molar-refractivity contribution in [2.45, 2.75) is 0 Å². The van der Waals surface area contributed by atoms with Gasteiger partial charge in [-0.2, -0.15) is 5.10 Å². The lowest BCUT2D eigenvalue weighted by molar-refractivity contribution is -0.384. The summed E-state index contributed by atoms with van der Waals surface area (Å²) in [6.45, 7) is 0. The fourth-order valence-electron chi connectivity index (χ4n) is 2.59. The van der Waals surface area contributed by atoms with Crippen molar-refractivity contribution in [1.82, 2.24) is 5.43 Å². The molecule has 3 aromatic rings. The first kappa shape index (κ1) is 22.6. The number of rotatable bonds is 7. The van der Waals surface area contributed by atoms with Gasteiger partial charge in [0, 0.05) is 22.2 Å². The molecule has 0 radical (unpaired) electrons. The van der Waals surface area contributed by atoms with Crippen LogP contribution in [0.5, 0.6) is 11.5 Å². The van der Waals surface area contributed by atoms with Crippen molar-refractivity contribution < 1.29 is 24.0 Å². The third kappa shape index (κ3) is 5.76. The molecule has 0 saturated heterocycles. The van der Waals surface area contributed by atoms with Gasteiger partial charge in [0.25, 0.3) is 11.6 Å². The van der Waals surface area contributed by atoms with Gasteiger partial charge in [-0.1, -0.05) is 22.0 Å². The first-order chi connectivity index (χ1) is 15.4. The van der Waals surface area contributed by atoms with E-state index in [0.717, 1.165) is 4.47 Å². The maximum absolute atomic E-state index is 12.3. The largest absolute Gasteiger partial charge is 0.493 e. The zero-order chi connectivity index (χ0) is 23.1. The van der Waals surface area contributed by atoms with E-state index in [1.807, 2.05) is 0 Å². The zero-order valence-electron chi connectivity index (χ0n) is 16.7. The predicted molar refractivity (Wildman–Crippen MR) is 120 cm³/mol. The summed E-state index contributed by atoms with van der Waals surface area (Å²) in [5.41, 5.74) is 3.40. The van der Waals surface area contributed by atoms with Crippen LogP contribution in [0.3, 0.4) is 0 Å². The molecule has 0 heterocycles. The molecule has 0 aliphatic rings. The van der Waals surface area contributed by atoms with Crippen LogP contribution >= 0.6 is 15.9 Å². The van der Waals surface area contributed by atoms with Crippen LogP contribution in [-0.4, -0.2) is 30.1 Å². The molecule has 3 aromatic carbocycles. The third-order valence-electron chi connectivity index (χ3n) is 4.17. The number of methoxy groups -OCH3 is 1. The van der Waals surface area contributed by atoms with Gasteiger partial charge in [-0.15, -0.1) is 0 Å². The molecular formula is C22H16BrN3O6. The third-order valence-corrected chi connectivity index (χ3v) is 4.66. The first-order valence-corrected chi connectivity index (χ1v) is 9.90. The molecule has 1 N–H and O–H groups in total. The quantitative estimate of drug-likeness (QED) is 0.170. The molecule has 3 rings (SSSR count). The summed E-state index contributed by atoms with van der Waals surface area (Å²) >= 11 is 3.31. The fourth-order valence-corrected chi connectivity index (χ4v) is 2.99. The Balaban J connectivity index is 1.66. The van der Waals surface area contributed by atoms with Crippen molar-refractivity contribution in [3.63, 3.8) is 0 Å². The van der Waals surface area contributed by atoms with Gasteiger partial charge in [-0.25, -0.2) is 10.2 Å². The van der Waals surface area contributed by atoms with Gasteiger partial charge in [0.15, 0.2) is 11.5 Å². The Bertz CT molecular complexity index is 1190. The van der Waals surface area contributed by atoms with E-state index in [-0.39, 0.29) is 17.0 Å². The number of ether oxygens (including phenoxy) is 2. The summed E-state index contributed by atoms with van der Waals surface area (Å²) in [4.78, 5) is 34.6. The molecule has 9 nitrogen and oxygen atoms in total. The summed E-state index contributed by atoms with van der Waals surface area (Å²) in [5, 5.41) is 14.5. The van der Waals surface area contributed by atoms with Crippen LogP contribution < -0.4 is 14.9 Å². The number of carbonyl (C=O) groups excluding carboxylic acids is 2. The molecule has 0 saturated carbocycles. The SMILES string of the molecule is COc1cc(/C=N/NC(=O)c2ccc([N+](=O)[O-])cc2)ccc1OC(=O)c1cccc(Br)c1. The number of hydrogen-bond donors (Lipinski definition) is 1. The fraction of sp³-hybridized carbons (Fsp3) is 0.0455. The molecule has 0 unspecified atom stereocenters. The number of esters is 1. The Labute approximate surface area is 190 Å². The van der Waals surface area contributed by atoms with Crippen LogP contribution in [0.25, 0.3) is 0 Å². The average molecular weight is 498 g/mol. The second kappa shape index (κ2) is 10.3. The highest BCUT2D eigenvalue weighted by atomic mass is 79.9. The Morgan fingerprint density at radius 2 is 1.78 bits per heavy atom. The predicted octanol–water partition coefficient (Wildman–Crippen LogP) is 4.35. The van der Waals surface area contributed by atoms with Gasteiger partial charge in [0.2, 0.25) is 0 Å². The minimum absolute atomic E-state index is 0.113. The van der Waals surface area contributed by atoms with E-state index in [0.29, 0.717) is 16.9 Å². The summed E-state index contributed by atoms with van der Waals surface area (Å²) in [5.74, 6) is -0.535. The van der Waals surface area contributed by atoms with Gasteiger partial charge < -0.3 is 9.47 Å². The van der Waals surface area contributed by atoms with Crippen molar-refractivity contribution >= 4 is 39.7 Å². The molecule has 0 bridgehead atoms. The minimum Gasteiger partial charge on any atom is -0.493 e. The van der Waals surface area contributed by atoms with Crippen LogP contribution in [0, 0.1) is 10.1 Å². The van der Waals surface area contributed by atoms with E-state index in [1.54, 1.807) is 42.5 Å². The number of non-ortho nitro benzene ring substituents is 1. The normalized spacial score (nSPS) is 10.6. The second-order valence-electron chi connectivity index (χ2n) is 6.31. The Kier molecular flexibility index (Phi) is 7.29. The van der Waals surface area contributed by atoms with Gasteiger partial charge in [-0.05, 0) is 54.1 Å². The van der Waals surface area contributed by atoms with Crippen molar-refractivity contribution in [3.05, 3.63) is 98.0 Å². The van der Waals surface area contributed by atoms with E-state index in [1.165, 1.54) is 37.6 Å². The van der Waals surface area contributed by atoms with Gasteiger partial charge in [-0.3, -0.25) is 14.9 Å². The lowest BCUT2D eigenvalue weighted by atomic mass is 10.2. The van der Waals surface area contributed by atoms with E-state index in [9.17, 15) is 19.7 Å². The second-order valence-corrected chi connectivity index (χ2v) is 7.23. The number of halogens is 1. The number of hydrogen-bond acceptors (Lipinski definition) is 7. The molecule has 1 amide bonds. The number of nitrogens with zero attached hydrogens (tertiary/aromatic N) is 2. The van der Waals surface area contributed by atoms with Crippen molar-refractivity contribution in [2.75, 3.05) is 7.11 Å². The van der Waals surface area contributed by atoms with E-state index >= 15 is 0 Å². The highest BCUT2D eigenvalue weighted by molar-refractivity contribution is 9.10. The number of nitro benzene ring substituents is 1. The van der Waals surface area contributed by atoms with Crippen LogP contribution in [0.2, 0.25) is 0 Å². The van der Waals surface area contributed by atoms with Gasteiger partial charge in [0.1, 0.15) is 0 Å². The smallest absolute Gasteiger partial charge is 0.343 e. The van der Waals surface area contributed by atoms with Crippen LogP contribution in [-0.2, 0) is 0 Å². The van der Waals surface area contributed by atoms with Crippen molar-refractivity contribution in [3.8, 4) is 11.5 Å². The van der Waals surface area contributed by atoms with Crippen molar-refractivity contribution in [1.29, 1.82) is 0 Å². The first-order valence-electron chi connectivity index (χ1n) is 9.11. The number of nitrogens with one attached hydrogen (secondary N) is 1. The summed E-state index contributed by atoms with van der Waals surface area (Å²) in [7, 11) is 1.43.